The normalized spacial score (nSPS) is 10.8. The maximum absolute atomic E-state index is 12.1. The summed E-state index contributed by atoms with van der Waals surface area (Å²) in [6, 6.07) is 18.9. The second-order valence-corrected chi connectivity index (χ2v) is 7.78. The second kappa shape index (κ2) is 10.3. The minimum atomic E-state index is -0.433. The smallest absolute Gasteiger partial charge is 0.356 e. The van der Waals surface area contributed by atoms with E-state index in [1.165, 1.54) is 0 Å². The fourth-order valence-corrected chi connectivity index (χ4v) is 3.26. The van der Waals surface area contributed by atoms with Gasteiger partial charge in [0, 0.05) is 16.1 Å². The number of nitrogens with zero attached hydrogens (tertiary/aromatic N) is 1. The molecule has 0 atom stereocenters. The Morgan fingerprint density at radius 1 is 1.00 bits per heavy atom. The molecule has 3 aromatic rings. The third-order valence-corrected chi connectivity index (χ3v) is 4.86. The predicted octanol–water partition coefficient (Wildman–Crippen LogP) is 6.67. The van der Waals surface area contributed by atoms with E-state index in [0.717, 1.165) is 28.9 Å². The van der Waals surface area contributed by atoms with E-state index in [0.29, 0.717) is 29.8 Å². The molecule has 0 unspecified atom stereocenters. The molecule has 0 N–H and O–H groups in total. The predicted molar refractivity (Wildman–Crippen MR) is 121 cm³/mol. The number of halogens is 1. The molecule has 0 saturated heterocycles. The van der Waals surface area contributed by atoms with Crippen molar-refractivity contribution in [3.05, 3.63) is 71.4 Å². The first kappa shape index (κ1) is 21.8. The largest absolute Gasteiger partial charge is 0.493 e. The minimum Gasteiger partial charge on any atom is -0.493 e. The van der Waals surface area contributed by atoms with Crippen LogP contribution in [0, 0.1) is 5.92 Å². The van der Waals surface area contributed by atoms with E-state index in [-0.39, 0.29) is 5.69 Å². The molecule has 0 aliphatic heterocycles. The van der Waals surface area contributed by atoms with Crippen LogP contribution in [0.4, 0.5) is 0 Å². The van der Waals surface area contributed by atoms with Gasteiger partial charge in [-0.2, -0.15) is 0 Å². The van der Waals surface area contributed by atoms with Gasteiger partial charge in [0.25, 0.3) is 0 Å². The zero-order valence-corrected chi connectivity index (χ0v) is 18.3. The van der Waals surface area contributed by atoms with Crippen LogP contribution in [-0.4, -0.2) is 24.2 Å². The highest BCUT2D eigenvalue weighted by atomic mass is 35.5. The molecule has 1 aromatic heterocycles. The van der Waals surface area contributed by atoms with Crippen LogP contribution in [0.5, 0.6) is 5.75 Å². The summed E-state index contributed by atoms with van der Waals surface area (Å²) in [6.45, 7) is 7.05. The van der Waals surface area contributed by atoms with Crippen molar-refractivity contribution in [1.29, 1.82) is 0 Å². The Morgan fingerprint density at radius 3 is 2.50 bits per heavy atom. The zero-order chi connectivity index (χ0) is 21.5. The molecule has 0 aliphatic carbocycles. The lowest BCUT2D eigenvalue weighted by Gasteiger charge is -2.16. The molecule has 0 spiro atoms. The number of carbonyl (C=O) groups excluding carboxylic acids is 1. The fourth-order valence-electron chi connectivity index (χ4n) is 3.09. The number of aromatic nitrogens is 1. The lowest BCUT2D eigenvalue weighted by molar-refractivity contribution is 0.0519. The quantitative estimate of drug-likeness (QED) is 0.379. The molecule has 5 heteroatoms. The number of benzene rings is 2. The lowest BCUT2D eigenvalue weighted by atomic mass is 9.96. The Balaban J connectivity index is 2.03. The van der Waals surface area contributed by atoms with E-state index < -0.39 is 5.97 Å². The van der Waals surface area contributed by atoms with Gasteiger partial charge in [-0.05, 0) is 55.2 Å². The monoisotopic (exact) mass is 423 g/mol. The standard InChI is InChI=1S/C25H26ClNO3/c1-4-29-25(28)23-11-7-10-22(27-23)20-9-6-5-8-19(20)21-16-18(26)12-13-24(21)30-15-14-17(2)3/h5-13,16-17H,4,14-15H2,1-3H3. The van der Waals surface area contributed by atoms with E-state index in [1.54, 1.807) is 13.0 Å². The number of hydrogen-bond acceptors (Lipinski definition) is 4. The highest BCUT2D eigenvalue weighted by Crippen LogP contribution is 2.38. The highest BCUT2D eigenvalue weighted by Gasteiger charge is 2.16. The summed E-state index contributed by atoms with van der Waals surface area (Å²) in [7, 11) is 0. The number of pyridine rings is 1. The van der Waals surface area contributed by atoms with Crippen molar-refractivity contribution < 1.29 is 14.3 Å². The van der Waals surface area contributed by atoms with Crippen LogP contribution in [0.15, 0.2) is 60.7 Å². The molecule has 0 radical (unpaired) electrons. The van der Waals surface area contributed by atoms with Crippen LogP contribution in [0.3, 0.4) is 0 Å². The summed E-state index contributed by atoms with van der Waals surface area (Å²) in [4.78, 5) is 16.7. The summed E-state index contributed by atoms with van der Waals surface area (Å²) < 4.78 is 11.2. The summed E-state index contributed by atoms with van der Waals surface area (Å²) in [5, 5.41) is 0.629. The van der Waals surface area contributed by atoms with Gasteiger partial charge >= 0.3 is 5.97 Å². The summed E-state index contributed by atoms with van der Waals surface area (Å²) in [5.74, 6) is 0.897. The highest BCUT2D eigenvalue weighted by molar-refractivity contribution is 6.31. The van der Waals surface area contributed by atoms with E-state index in [4.69, 9.17) is 21.1 Å². The minimum absolute atomic E-state index is 0.281. The van der Waals surface area contributed by atoms with Crippen LogP contribution in [-0.2, 0) is 4.74 Å². The van der Waals surface area contributed by atoms with Gasteiger partial charge in [-0.15, -0.1) is 0 Å². The number of ether oxygens (including phenoxy) is 2. The van der Waals surface area contributed by atoms with Gasteiger partial charge in [-0.1, -0.05) is 55.8 Å². The van der Waals surface area contributed by atoms with Gasteiger partial charge in [0.05, 0.1) is 18.9 Å². The molecule has 0 fully saturated rings. The molecule has 2 aromatic carbocycles. The molecule has 0 aliphatic rings. The zero-order valence-electron chi connectivity index (χ0n) is 17.5. The van der Waals surface area contributed by atoms with Crippen molar-refractivity contribution in [2.45, 2.75) is 27.2 Å². The number of hydrogen-bond donors (Lipinski definition) is 0. The SMILES string of the molecule is CCOC(=O)c1cccc(-c2ccccc2-c2cc(Cl)ccc2OCCC(C)C)n1. The van der Waals surface area contributed by atoms with Crippen LogP contribution >= 0.6 is 11.6 Å². The Labute approximate surface area is 182 Å². The molecule has 0 amide bonds. The van der Waals surface area contributed by atoms with Crippen molar-refractivity contribution >= 4 is 17.6 Å². The molecule has 30 heavy (non-hydrogen) atoms. The first-order valence-corrected chi connectivity index (χ1v) is 10.5. The maximum Gasteiger partial charge on any atom is 0.356 e. The van der Waals surface area contributed by atoms with Crippen LogP contribution in [0.2, 0.25) is 5.02 Å². The van der Waals surface area contributed by atoms with Crippen LogP contribution in [0.1, 0.15) is 37.7 Å². The average molecular weight is 424 g/mol. The van der Waals surface area contributed by atoms with E-state index in [1.807, 2.05) is 54.6 Å². The van der Waals surface area contributed by atoms with Crippen molar-refractivity contribution in [3.63, 3.8) is 0 Å². The van der Waals surface area contributed by atoms with Crippen LogP contribution in [0.25, 0.3) is 22.4 Å². The maximum atomic E-state index is 12.1. The first-order chi connectivity index (χ1) is 14.5. The number of carbonyl (C=O) groups is 1. The summed E-state index contributed by atoms with van der Waals surface area (Å²) in [5.41, 5.74) is 3.69. The third-order valence-electron chi connectivity index (χ3n) is 4.62. The Hall–Kier alpha value is -2.85. The molecule has 3 rings (SSSR count). The Morgan fingerprint density at radius 2 is 1.77 bits per heavy atom. The Bertz CT molecular complexity index is 1020. The van der Waals surface area contributed by atoms with Gasteiger partial charge in [0.2, 0.25) is 0 Å². The average Bonchev–Trinajstić information content (AvgIpc) is 2.75. The topological polar surface area (TPSA) is 48.4 Å². The van der Waals surface area contributed by atoms with Gasteiger partial charge in [0.15, 0.2) is 0 Å². The van der Waals surface area contributed by atoms with Gasteiger partial charge in [-0.3, -0.25) is 0 Å². The van der Waals surface area contributed by atoms with Gasteiger partial charge in [-0.25, -0.2) is 9.78 Å². The molecule has 1 heterocycles. The molecular weight excluding hydrogens is 398 g/mol. The molecule has 156 valence electrons. The Kier molecular flexibility index (Phi) is 7.47. The van der Waals surface area contributed by atoms with Gasteiger partial charge in [0.1, 0.15) is 11.4 Å². The van der Waals surface area contributed by atoms with E-state index >= 15 is 0 Å². The van der Waals surface area contributed by atoms with Crippen molar-refractivity contribution in [3.8, 4) is 28.1 Å². The summed E-state index contributed by atoms with van der Waals surface area (Å²) >= 11 is 6.32. The van der Waals surface area contributed by atoms with Crippen molar-refractivity contribution in [1.82, 2.24) is 4.98 Å². The number of esters is 1. The van der Waals surface area contributed by atoms with E-state index in [2.05, 4.69) is 18.8 Å². The molecular formula is C25H26ClNO3. The first-order valence-electron chi connectivity index (χ1n) is 10.2. The van der Waals surface area contributed by atoms with Crippen molar-refractivity contribution in [2.75, 3.05) is 13.2 Å². The fraction of sp³-hybridized carbons (Fsp3) is 0.280. The van der Waals surface area contributed by atoms with Crippen molar-refractivity contribution in [2.24, 2.45) is 5.92 Å². The van der Waals surface area contributed by atoms with Gasteiger partial charge < -0.3 is 9.47 Å². The molecule has 0 saturated carbocycles. The lowest BCUT2D eigenvalue weighted by Crippen LogP contribution is -2.07. The molecule has 0 bridgehead atoms. The second-order valence-electron chi connectivity index (χ2n) is 7.35. The number of rotatable bonds is 8. The van der Waals surface area contributed by atoms with E-state index in [9.17, 15) is 4.79 Å². The summed E-state index contributed by atoms with van der Waals surface area (Å²) in [6.07, 6.45) is 0.965. The third kappa shape index (κ3) is 5.39. The van der Waals surface area contributed by atoms with Crippen LogP contribution < -0.4 is 4.74 Å². The molecule has 4 nitrogen and oxygen atoms in total.